The summed E-state index contributed by atoms with van der Waals surface area (Å²) in [7, 11) is 0. The van der Waals surface area contributed by atoms with Crippen molar-refractivity contribution in [2.24, 2.45) is 28.9 Å². The van der Waals surface area contributed by atoms with E-state index in [1.54, 1.807) is 32.9 Å². The maximum Gasteiger partial charge on any atom is 0.242 e. The molecule has 0 spiro atoms. The van der Waals surface area contributed by atoms with Gasteiger partial charge in [0.2, 0.25) is 17.7 Å². The predicted molar refractivity (Wildman–Crippen MR) is 215 cm³/mol. The second-order valence-corrected chi connectivity index (χ2v) is 11.5. The molecule has 0 bridgehead atoms. The van der Waals surface area contributed by atoms with Gasteiger partial charge in [-0.1, -0.05) is 83.7 Å². The molecular formula is C38H76N8O5. The van der Waals surface area contributed by atoms with Gasteiger partial charge < -0.3 is 49.1 Å². The summed E-state index contributed by atoms with van der Waals surface area (Å²) in [5, 5.41) is 26.5. The van der Waals surface area contributed by atoms with Gasteiger partial charge in [-0.25, -0.2) is 0 Å². The zero-order valence-electron chi connectivity index (χ0n) is 33.1. The molecule has 298 valence electrons. The molecular weight excluding hydrogens is 648 g/mol. The van der Waals surface area contributed by atoms with Crippen molar-refractivity contribution in [3.05, 3.63) is 60.4 Å². The van der Waals surface area contributed by atoms with Crippen LogP contribution in [0.25, 0.3) is 0 Å². The maximum atomic E-state index is 13.0. The minimum Gasteiger partial charge on any atom is -0.512 e. The van der Waals surface area contributed by atoms with E-state index in [9.17, 15) is 19.5 Å². The molecule has 4 atom stereocenters. The lowest BCUT2D eigenvalue weighted by atomic mass is 10.00. The first-order valence-electron chi connectivity index (χ1n) is 18.3. The second-order valence-electron chi connectivity index (χ2n) is 11.5. The van der Waals surface area contributed by atoms with Crippen molar-refractivity contribution in [1.29, 1.82) is 0 Å². The summed E-state index contributed by atoms with van der Waals surface area (Å²) < 4.78 is 0. The number of nitrogens with two attached hydrogens (primary N) is 4. The van der Waals surface area contributed by atoms with E-state index in [0.29, 0.717) is 65.0 Å². The van der Waals surface area contributed by atoms with Crippen molar-refractivity contribution in [3.63, 3.8) is 0 Å². The van der Waals surface area contributed by atoms with Crippen molar-refractivity contribution in [2.45, 2.75) is 106 Å². The Morgan fingerprint density at radius 2 is 1.49 bits per heavy atom. The fourth-order valence-corrected chi connectivity index (χ4v) is 3.81. The monoisotopic (exact) mass is 725 g/mol. The van der Waals surface area contributed by atoms with E-state index < -0.39 is 23.9 Å². The Labute approximate surface area is 310 Å². The molecule has 13 N–H and O–H groups in total. The topological polar surface area (TPSA) is 235 Å². The number of rotatable bonds is 23. The normalized spacial score (nSPS) is 13.8. The molecule has 13 heteroatoms. The van der Waals surface area contributed by atoms with Gasteiger partial charge in [0.1, 0.15) is 6.04 Å². The van der Waals surface area contributed by atoms with Crippen LogP contribution in [0.3, 0.4) is 0 Å². The Kier molecular flexibility index (Phi) is 42.1. The lowest BCUT2D eigenvalue weighted by molar-refractivity contribution is -0.130. The number of allylic oxidation sites excluding steroid dienone is 7. The van der Waals surface area contributed by atoms with Gasteiger partial charge in [0.25, 0.3) is 0 Å². The Bertz CT molecular complexity index is 991. The van der Waals surface area contributed by atoms with Gasteiger partial charge >= 0.3 is 0 Å². The Balaban J connectivity index is -0.000000790. The number of aliphatic hydroxyl groups is 2. The van der Waals surface area contributed by atoms with Crippen molar-refractivity contribution in [2.75, 3.05) is 52.4 Å². The largest absolute Gasteiger partial charge is 0.512 e. The molecule has 0 saturated carbocycles. The van der Waals surface area contributed by atoms with Gasteiger partial charge in [0.15, 0.2) is 0 Å². The fourth-order valence-electron chi connectivity index (χ4n) is 3.81. The molecule has 13 nitrogen and oxygen atoms in total. The fraction of sp³-hybridized carbons (Fsp3) is 0.658. The highest BCUT2D eigenvalue weighted by atomic mass is 16.3. The van der Waals surface area contributed by atoms with E-state index in [1.807, 2.05) is 58.1 Å². The first kappa shape index (κ1) is 54.4. The van der Waals surface area contributed by atoms with Crippen LogP contribution in [-0.2, 0) is 14.4 Å². The van der Waals surface area contributed by atoms with Crippen LogP contribution in [0, 0.1) is 5.92 Å². The van der Waals surface area contributed by atoms with E-state index in [0.717, 1.165) is 18.5 Å². The molecule has 0 radical (unpaired) electrons. The number of aliphatic hydroxyl groups excluding tert-OH is 2. The number of hydrogen-bond donors (Lipinski definition) is 9. The third-order valence-corrected chi connectivity index (χ3v) is 6.81. The second kappa shape index (κ2) is 39.5. The number of carbonyl (C=O) groups is 3. The minimum atomic E-state index is -0.786. The number of nitrogens with zero attached hydrogens (tertiary/aromatic N) is 1. The van der Waals surface area contributed by atoms with Crippen LogP contribution in [0.4, 0.5) is 0 Å². The maximum absolute atomic E-state index is 13.0. The van der Waals surface area contributed by atoms with Crippen molar-refractivity contribution in [1.82, 2.24) is 20.9 Å². The van der Waals surface area contributed by atoms with E-state index in [-0.39, 0.29) is 30.2 Å². The number of nitrogens with one attached hydrogen (secondary N) is 3. The smallest absolute Gasteiger partial charge is 0.242 e. The third kappa shape index (κ3) is 36.3. The quantitative estimate of drug-likeness (QED) is 0.0425. The molecule has 3 amide bonds. The predicted octanol–water partition coefficient (Wildman–Crippen LogP) is 2.92. The van der Waals surface area contributed by atoms with Crippen LogP contribution in [-0.4, -0.2) is 103 Å². The summed E-state index contributed by atoms with van der Waals surface area (Å²) in [5.41, 5.74) is 22.7. The lowest BCUT2D eigenvalue weighted by Gasteiger charge is -2.23. The van der Waals surface area contributed by atoms with Crippen LogP contribution in [0.1, 0.15) is 87.5 Å². The van der Waals surface area contributed by atoms with E-state index in [2.05, 4.69) is 34.4 Å². The minimum absolute atomic E-state index is 0.0140. The summed E-state index contributed by atoms with van der Waals surface area (Å²) in [6, 6.07) is -1.47. The molecule has 0 aliphatic heterocycles. The molecule has 0 fully saturated rings. The van der Waals surface area contributed by atoms with Gasteiger partial charge in [-0.05, 0) is 64.5 Å². The van der Waals surface area contributed by atoms with Crippen LogP contribution >= 0.6 is 0 Å². The highest BCUT2D eigenvalue weighted by molar-refractivity contribution is 5.91. The van der Waals surface area contributed by atoms with E-state index in [4.69, 9.17) is 28.0 Å². The van der Waals surface area contributed by atoms with Gasteiger partial charge in [-0.15, -0.1) is 0 Å². The summed E-state index contributed by atoms with van der Waals surface area (Å²) in [6.07, 6.45) is 15.7. The van der Waals surface area contributed by atoms with Gasteiger partial charge in [0, 0.05) is 45.7 Å². The molecule has 0 aromatic rings. The first-order valence-corrected chi connectivity index (χ1v) is 18.3. The molecule has 0 rings (SSSR count). The first-order chi connectivity index (χ1) is 24.3. The standard InChI is InChI=1S/C28H51N7O4.C5H10O.C3H9N.C2H6/c1-5-22(4)25(36)12-10-8-7-9-11-21(3)19-24(34-26(37)20-33-27(38)23(31)6-2)28(39)32-15-18-35(16-13-29)17-14-30;1-3-4-5(2)6;1-2-3-4;1-2/h5,8-11,21,23-24,36H,1,6-7,12-20,29-31H2,2-4H3,(H,32,39)(H,33,38)(H,34,37);3-6H,1-2H3;2-4H2,1H3;1-2H3/b10-8-,11-9+,25-22+;4-3-;;. The Morgan fingerprint density at radius 1 is 0.902 bits per heavy atom. The summed E-state index contributed by atoms with van der Waals surface area (Å²) >= 11 is 0. The molecule has 0 heterocycles. The van der Waals surface area contributed by atoms with E-state index >= 15 is 0 Å². The van der Waals surface area contributed by atoms with Gasteiger partial charge in [-0.2, -0.15) is 0 Å². The molecule has 0 aromatic heterocycles. The highest BCUT2D eigenvalue weighted by Gasteiger charge is 2.23. The summed E-state index contributed by atoms with van der Waals surface area (Å²) in [5.74, 6) is -0.923. The van der Waals surface area contributed by atoms with Crippen LogP contribution in [0.2, 0.25) is 0 Å². The van der Waals surface area contributed by atoms with Crippen molar-refractivity contribution in [3.8, 4) is 0 Å². The average Bonchev–Trinajstić information content (AvgIpc) is 3.12. The highest BCUT2D eigenvalue weighted by Crippen LogP contribution is 2.10. The molecule has 4 unspecified atom stereocenters. The molecule has 0 aliphatic carbocycles. The summed E-state index contributed by atoms with van der Waals surface area (Å²) in [6.45, 7) is 22.7. The van der Waals surface area contributed by atoms with Crippen LogP contribution in [0.5, 0.6) is 0 Å². The Morgan fingerprint density at radius 3 is 1.94 bits per heavy atom. The molecule has 0 aromatic carbocycles. The van der Waals surface area contributed by atoms with Crippen molar-refractivity contribution < 1.29 is 24.6 Å². The van der Waals surface area contributed by atoms with Crippen LogP contribution in [0.15, 0.2) is 60.4 Å². The van der Waals surface area contributed by atoms with Crippen LogP contribution < -0.4 is 38.9 Å². The average molecular weight is 725 g/mol. The number of carbonyl (C=O) groups excluding carboxylic acids is 3. The molecule has 0 saturated heterocycles. The Hall–Kier alpha value is -3.33. The lowest BCUT2D eigenvalue weighted by Crippen LogP contribution is -2.52. The molecule has 0 aliphatic rings. The van der Waals surface area contributed by atoms with Crippen molar-refractivity contribution >= 4 is 17.7 Å². The number of amides is 3. The zero-order chi connectivity index (χ0) is 40.0. The molecule has 51 heavy (non-hydrogen) atoms. The zero-order valence-corrected chi connectivity index (χ0v) is 33.1. The van der Waals surface area contributed by atoms with Gasteiger partial charge in [0.05, 0.1) is 24.4 Å². The SMILES string of the molecule is C/C=C\C(C)O.C=C/C(C)=C(/O)C/C=C\C/C=C/C(C)CC(NC(=O)CNC(=O)C(N)CC)C(=O)NCCN(CCN)CCN.CC.CCCN. The van der Waals surface area contributed by atoms with Gasteiger partial charge in [-0.3, -0.25) is 19.3 Å². The summed E-state index contributed by atoms with van der Waals surface area (Å²) in [4.78, 5) is 39.5. The third-order valence-electron chi connectivity index (χ3n) is 6.81. The van der Waals surface area contributed by atoms with E-state index in [1.165, 1.54) is 0 Å². The number of hydrogen-bond acceptors (Lipinski definition) is 10.